The molecule has 0 aliphatic heterocycles. The molecule has 14 heavy (non-hydrogen) atoms. The van der Waals surface area contributed by atoms with Gasteiger partial charge in [-0.25, -0.2) is 9.78 Å². The van der Waals surface area contributed by atoms with Gasteiger partial charge in [-0.2, -0.15) is 13.2 Å². The second-order valence-corrected chi connectivity index (χ2v) is 3.03. The molecule has 4 nitrogen and oxygen atoms in total. The van der Waals surface area contributed by atoms with Crippen LogP contribution in [0.2, 0.25) is 0 Å². The second-order valence-electron chi connectivity index (χ2n) is 2.17. The fraction of sp³-hybridized carbons (Fsp3) is 0.167. The number of carbonyl (C=O) groups is 2. The highest BCUT2D eigenvalue weighted by Crippen LogP contribution is 2.22. The smallest absolute Gasteiger partial charge is 0.456 e. The van der Waals surface area contributed by atoms with Crippen molar-refractivity contribution in [1.29, 1.82) is 0 Å². The Kier molecular flexibility index (Phi) is 2.56. The number of ketones is 1. The highest BCUT2D eigenvalue weighted by Gasteiger charge is 2.41. The Balaban J connectivity index is 2.99. The normalized spacial score (nSPS) is 11.4. The molecule has 0 saturated heterocycles. The molecule has 1 N–H and O–H groups in total. The van der Waals surface area contributed by atoms with Gasteiger partial charge < -0.3 is 5.11 Å². The maximum atomic E-state index is 11.8. The summed E-state index contributed by atoms with van der Waals surface area (Å²) in [6.45, 7) is 0. The number of carboxylic acids is 1. The van der Waals surface area contributed by atoms with Crippen LogP contribution in [0.15, 0.2) is 5.38 Å². The van der Waals surface area contributed by atoms with Crippen LogP contribution in [-0.4, -0.2) is 28.0 Å². The van der Waals surface area contributed by atoms with Gasteiger partial charge in [0.15, 0.2) is 0 Å². The van der Waals surface area contributed by atoms with E-state index in [1.165, 1.54) is 0 Å². The molecule has 1 aromatic heterocycles. The summed E-state index contributed by atoms with van der Waals surface area (Å²) in [5.41, 5.74) is -0.889. The van der Waals surface area contributed by atoms with E-state index in [-0.39, 0.29) is 0 Å². The first kappa shape index (κ1) is 10.6. The third-order valence-corrected chi connectivity index (χ3v) is 2.01. The van der Waals surface area contributed by atoms with E-state index in [1.54, 1.807) is 0 Å². The molecule has 0 atom stereocenters. The van der Waals surface area contributed by atoms with Crippen LogP contribution in [0.25, 0.3) is 0 Å². The summed E-state index contributed by atoms with van der Waals surface area (Å²) in [5, 5.41) is 8.56. The number of carbonyl (C=O) groups excluding carboxylic acids is 1. The molecule has 0 fully saturated rings. The first-order valence-corrected chi connectivity index (χ1v) is 4.00. The lowest BCUT2D eigenvalue weighted by Gasteiger charge is -2.00. The molecule has 0 saturated carbocycles. The van der Waals surface area contributed by atoms with Crippen LogP contribution < -0.4 is 0 Å². The van der Waals surface area contributed by atoms with E-state index in [4.69, 9.17) is 5.11 Å². The quantitative estimate of drug-likeness (QED) is 0.776. The first-order chi connectivity index (χ1) is 6.32. The van der Waals surface area contributed by atoms with Crippen LogP contribution in [0.4, 0.5) is 13.2 Å². The molecule has 0 spiro atoms. The molecule has 0 unspecified atom stereocenters. The number of hydrogen-bond acceptors (Lipinski definition) is 4. The monoisotopic (exact) mass is 225 g/mol. The summed E-state index contributed by atoms with van der Waals surface area (Å²) in [5.74, 6) is -3.60. The molecule has 1 heterocycles. The van der Waals surface area contributed by atoms with E-state index in [9.17, 15) is 22.8 Å². The number of Topliss-reactive ketones (excluding diaryl/α,β-unsaturated/α-hetero) is 1. The van der Waals surface area contributed by atoms with Crippen molar-refractivity contribution in [2.75, 3.05) is 0 Å². The van der Waals surface area contributed by atoms with Gasteiger partial charge in [-0.3, -0.25) is 4.79 Å². The van der Waals surface area contributed by atoms with Crippen molar-refractivity contribution in [2.24, 2.45) is 0 Å². The highest BCUT2D eigenvalue weighted by atomic mass is 32.1. The van der Waals surface area contributed by atoms with Crippen molar-refractivity contribution < 1.29 is 27.9 Å². The van der Waals surface area contributed by atoms with Gasteiger partial charge in [-0.05, 0) is 0 Å². The summed E-state index contributed by atoms with van der Waals surface area (Å²) in [6, 6.07) is 0. The Bertz CT molecular complexity index is 384. The number of thiazole rings is 1. The Hall–Kier alpha value is -1.44. The molecule has 76 valence electrons. The summed E-state index contributed by atoms with van der Waals surface area (Å²) in [6.07, 6.45) is -5.02. The number of aromatic nitrogens is 1. The SMILES string of the molecule is O=C(O)c1nc(C(=O)C(F)(F)F)cs1. The molecule has 0 radical (unpaired) electrons. The topological polar surface area (TPSA) is 67.3 Å². The van der Waals surface area contributed by atoms with Crippen molar-refractivity contribution in [2.45, 2.75) is 6.18 Å². The maximum absolute atomic E-state index is 11.8. The molecular formula is C6H2F3NO3S. The van der Waals surface area contributed by atoms with Crippen molar-refractivity contribution in [3.63, 3.8) is 0 Å². The van der Waals surface area contributed by atoms with E-state index in [0.29, 0.717) is 11.3 Å². The number of rotatable bonds is 2. The Morgan fingerprint density at radius 1 is 1.43 bits per heavy atom. The first-order valence-electron chi connectivity index (χ1n) is 3.12. The van der Waals surface area contributed by atoms with Crippen LogP contribution in [0.3, 0.4) is 0 Å². The average molecular weight is 225 g/mol. The molecule has 8 heteroatoms. The lowest BCUT2D eigenvalue weighted by Crippen LogP contribution is -2.23. The van der Waals surface area contributed by atoms with Crippen molar-refractivity contribution in [3.05, 3.63) is 16.1 Å². The highest BCUT2D eigenvalue weighted by molar-refractivity contribution is 7.11. The van der Waals surface area contributed by atoms with Crippen molar-refractivity contribution in [1.82, 2.24) is 4.98 Å². The van der Waals surface area contributed by atoms with Gasteiger partial charge in [0.1, 0.15) is 5.69 Å². The van der Waals surface area contributed by atoms with E-state index >= 15 is 0 Å². The molecule has 0 amide bonds. The predicted octanol–water partition coefficient (Wildman–Crippen LogP) is 1.59. The third-order valence-electron chi connectivity index (χ3n) is 1.18. The van der Waals surface area contributed by atoms with Gasteiger partial charge in [0.05, 0.1) is 0 Å². The average Bonchev–Trinajstić information content (AvgIpc) is 2.48. The zero-order chi connectivity index (χ0) is 10.9. The molecule has 1 rings (SSSR count). The van der Waals surface area contributed by atoms with E-state index in [2.05, 4.69) is 4.98 Å². The molecule has 0 aromatic carbocycles. The van der Waals surface area contributed by atoms with Gasteiger partial charge in [-0.1, -0.05) is 0 Å². The van der Waals surface area contributed by atoms with Crippen molar-refractivity contribution in [3.8, 4) is 0 Å². The number of alkyl halides is 3. The lowest BCUT2D eigenvalue weighted by atomic mass is 10.3. The van der Waals surface area contributed by atoms with Crippen LogP contribution in [0, 0.1) is 0 Å². The summed E-state index contributed by atoms with van der Waals surface area (Å²) in [7, 11) is 0. The van der Waals surface area contributed by atoms with Crippen LogP contribution in [-0.2, 0) is 0 Å². The van der Waals surface area contributed by atoms with Gasteiger partial charge in [-0.15, -0.1) is 11.3 Å². The minimum atomic E-state index is -5.02. The Labute approximate surface area is 79.0 Å². The van der Waals surface area contributed by atoms with Crippen LogP contribution >= 0.6 is 11.3 Å². The fourth-order valence-electron chi connectivity index (χ4n) is 0.621. The number of aromatic carboxylic acids is 1. The minimum absolute atomic E-state index is 0.471. The number of halogens is 3. The molecule has 0 aliphatic rings. The second kappa shape index (κ2) is 3.37. The summed E-state index contributed by atoms with van der Waals surface area (Å²) in [4.78, 5) is 23.8. The van der Waals surface area contributed by atoms with Gasteiger partial charge in [0.25, 0.3) is 5.78 Å². The van der Waals surface area contributed by atoms with E-state index in [1.807, 2.05) is 0 Å². The summed E-state index contributed by atoms with van der Waals surface area (Å²) < 4.78 is 35.4. The fourth-order valence-corrected chi connectivity index (χ4v) is 1.26. The largest absolute Gasteiger partial charge is 0.476 e. The Morgan fingerprint density at radius 2 is 2.00 bits per heavy atom. The zero-order valence-electron chi connectivity index (χ0n) is 6.33. The number of nitrogens with zero attached hydrogens (tertiary/aromatic N) is 1. The molecule has 1 aromatic rings. The molecule has 0 bridgehead atoms. The van der Waals surface area contributed by atoms with Gasteiger partial charge >= 0.3 is 12.1 Å². The van der Waals surface area contributed by atoms with Crippen LogP contribution in [0.1, 0.15) is 20.3 Å². The minimum Gasteiger partial charge on any atom is -0.476 e. The number of carboxylic acid groups (broad SMARTS) is 1. The Morgan fingerprint density at radius 3 is 2.36 bits per heavy atom. The molecular weight excluding hydrogens is 223 g/mol. The standard InChI is InChI=1S/C6H2F3NO3S/c7-6(8,9)3(11)2-1-14-4(10-2)5(12)13/h1H,(H,12,13). The molecule has 0 aliphatic carbocycles. The van der Waals surface area contributed by atoms with E-state index < -0.39 is 28.6 Å². The van der Waals surface area contributed by atoms with E-state index in [0.717, 1.165) is 5.38 Å². The van der Waals surface area contributed by atoms with Gasteiger partial charge in [0, 0.05) is 5.38 Å². The van der Waals surface area contributed by atoms with Crippen molar-refractivity contribution >= 4 is 23.1 Å². The lowest BCUT2D eigenvalue weighted by molar-refractivity contribution is -0.0888. The predicted molar refractivity (Wildman–Crippen MR) is 39.5 cm³/mol. The third kappa shape index (κ3) is 2.08. The zero-order valence-corrected chi connectivity index (χ0v) is 7.15. The van der Waals surface area contributed by atoms with Crippen LogP contribution in [0.5, 0.6) is 0 Å². The summed E-state index contributed by atoms with van der Waals surface area (Å²) >= 11 is 0.471. The number of hydrogen-bond donors (Lipinski definition) is 1. The van der Waals surface area contributed by atoms with Gasteiger partial charge in [0.2, 0.25) is 5.01 Å². The maximum Gasteiger partial charge on any atom is 0.456 e.